The van der Waals surface area contributed by atoms with Crippen LogP contribution in [-0.2, 0) is 0 Å². The van der Waals surface area contributed by atoms with Gasteiger partial charge in [0.25, 0.3) is 0 Å². The molecule has 0 radical (unpaired) electrons. The highest BCUT2D eigenvalue weighted by atomic mass is 15.3. The smallest absolute Gasteiger partial charge is 0.134 e. The third-order valence-electron chi connectivity index (χ3n) is 3.23. The minimum Gasteiger partial charge on any atom is -0.370 e. The van der Waals surface area contributed by atoms with Crippen LogP contribution in [0.1, 0.15) is 13.3 Å². The van der Waals surface area contributed by atoms with Gasteiger partial charge in [0.2, 0.25) is 0 Å². The van der Waals surface area contributed by atoms with Crippen LogP contribution in [0, 0.1) is 0 Å². The van der Waals surface area contributed by atoms with Crippen LogP contribution in [-0.4, -0.2) is 54.6 Å². The van der Waals surface area contributed by atoms with Crippen molar-refractivity contribution in [3.63, 3.8) is 0 Å². The van der Waals surface area contributed by atoms with Crippen LogP contribution in [0.2, 0.25) is 0 Å². The Morgan fingerprint density at radius 1 is 1.47 bits per heavy atom. The maximum absolute atomic E-state index is 4.35. The number of rotatable bonds is 4. The average Bonchev–Trinajstić information content (AvgIpc) is 2.79. The Bertz CT molecular complexity index is 366. The van der Waals surface area contributed by atoms with Crippen molar-refractivity contribution in [1.82, 2.24) is 14.9 Å². The molecule has 0 aromatic carbocycles. The molecule has 0 aliphatic carbocycles. The molecule has 1 aliphatic rings. The van der Waals surface area contributed by atoms with Crippen molar-refractivity contribution in [1.29, 1.82) is 0 Å². The van der Waals surface area contributed by atoms with E-state index in [9.17, 15) is 0 Å². The van der Waals surface area contributed by atoms with Crippen LogP contribution < -0.4 is 10.2 Å². The molecule has 1 aromatic rings. The summed E-state index contributed by atoms with van der Waals surface area (Å²) in [6, 6.07) is 2.66. The van der Waals surface area contributed by atoms with Crippen LogP contribution in [0.15, 0.2) is 12.4 Å². The highest BCUT2D eigenvalue weighted by molar-refractivity contribution is 5.49. The molecule has 0 bridgehead atoms. The lowest BCUT2D eigenvalue weighted by molar-refractivity contribution is 0.315. The number of aromatic nitrogens is 2. The molecule has 0 spiro atoms. The minimum atomic E-state index is 0.632. The number of hydrogen-bond donors (Lipinski definition) is 1. The van der Waals surface area contributed by atoms with E-state index in [2.05, 4.69) is 46.1 Å². The summed E-state index contributed by atoms with van der Waals surface area (Å²) in [6.07, 6.45) is 2.84. The van der Waals surface area contributed by atoms with Crippen molar-refractivity contribution < 1.29 is 0 Å². The van der Waals surface area contributed by atoms with Crippen molar-refractivity contribution >= 4 is 11.6 Å². The molecular formula is C12H21N5. The van der Waals surface area contributed by atoms with Gasteiger partial charge in [0, 0.05) is 31.7 Å². The average molecular weight is 235 g/mol. The number of nitrogens with zero attached hydrogens (tertiary/aromatic N) is 4. The first kappa shape index (κ1) is 12.1. The molecule has 1 saturated heterocycles. The molecule has 5 heteroatoms. The van der Waals surface area contributed by atoms with E-state index in [-0.39, 0.29) is 0 Å². The summed E-state index contributed by atoms with van der Waals surface area (Å²) in [6.45, 7) is 5.08. The Balaban J connectivity index is 2.05. The second-order valence-electron chi connectivity index (χ2n) is 4.64. The van der Waals surface area contributed by atoms with E-state index in [0.717, 1.165) is 31.3 Å². The van der Waals surface area contributed by atoms with E-state index in [0.29, 0.717) is 6.04 Å². The Morgan fingerprint density at radius 3 is 2.94 bits per heavy atom. The van der Waals surface area contributed by atoms with Crippen molar-refractivity contribution in [2.75, 3.05) is 43.9 Å². The molecule has 94 valence electrons. The van der Waals surface area contributed by atoms with Gasteiger partial charge in [-0.1, -0.05) is 0 Å². The van der Waals surface area contributed by atoms with Gasteiger partial charge in [0.15, 0.2) is 0 Å². The maximum atomic E-state index is 4.35. The predicted molar refractivity (Wildman–Crippen MR) is 70.5 cm³/mol. The summed E-state index contributed by atoms with van der Waals surface area (Å²) >= 11 is 0. The maximum Gasteiger partial charge on any atom is 0.134 e. The zero-order valence-corrected chi connectivity index (χ0v) is 10.8. The van der Waals surface area contributed by atoms with Crippen LogP contribution in [0.5, 0.6) is 0 Å². The fourth-order valence-electron chi connectivity index (χ4n) is 2.17. The summed E-state index contributed by atoms with van der Waals surface area (Å²) < 4.78 is 0. The molecule has 0 saturated carbocycles. The van der Waals surface area contributed by atoms with Crippen molar-refractivity contribution in [2.24, 2.45) is 0 Å². The van der Waals surface area contributed by atoms with Crippen molar-refractivity contribution in [3.8, 4) is 0 Å². The molecule has 1 fully saturated rings. The van der Waals surface area contributed by atoms with Gasteiger partial charge in [0.05, 0.1) is 0 Å². The Labute approximate surface area is 103 Å². The summed E-state index contributed by atoms with van der Waals surface area (Å²) in [7, 11) is 4.27. The molecule has 1 atom stereocenters. The summed E-state index contributed by atoms with van der Waals surface area (Å²) in [5.41, 5.74) is 0. The number of hydrogen-bond acceptors (Lipinski definition) is 5. The lowest BCUT2D eigenvalue weighted by Gasteiger charge is -2.21. The van der Waals surface area contributed by atoms with E-state index in [1.807, 2.05) is 6.07 Å². The monoisotopic (exact) mass is 235 g/mol. The Kier molecular flexibility index (Phi) is 3.78. The molecule has 1 N–H and O–H groups in total. The summed E-state index contributed by atoms with van der Waals surface area (Å²) in [5, 5.41) is 3.22. The van der Waals surface area contributed by atoms with Crippen LogP contribution >= 0.6 is 0 Å². The molecule has 1 aliphatic heterocycles. The highest BCUT2D eigenvalue weighted by Gasteiger charge is 2.24. The fraction of sp³-hybridized carbons (Fsp3) is 0.667. The standard InChI is InChI=1S/C12H21N5/c1-4-13-11-7-12(15-9-14-11)17-6-5-10(8-17)16(2)3/h7,9-10H,4-6,8H2,1-3H3,(H,13,14,15). The van der Waals surface area contributed by atoms with Gasteiger partial charge in [-0.05, 0) is 27.4 Å². The lowest BCUT2D eigenvalue weighted by Crippen LogP contribution is -2.31. The normalized spacial score (nSPS) is 20.0. The molecule has 2 rings (SSSR count). The van der Waals surface area contributed by atoms with E-state index in [1.54, 1.807) is 6.33 Å². The highest BCUT2D eigenvalue weighted by Crippen LogP contribution is 2.21. The number of likely N-dealkylation sites (N-methyl/N-ethyl adjacent to an activating group) is 1. The lowest BCUT2D eigenvalue weighted by atomic mass is 10.2. The molecule has 2 heterocycles. The first-order chi connectivity index (χ1) is 8.20. The fourth-order valence-corrected chi connectivity index (χ4v) is 2.17. The van der Waals surface area contributed by atoms with Gasteiger partial charge in [-0.2, -0.15) is 0 Å². The quantitative estimate of drug-likeness (QED) is 0.845. The second-order valence-corrected chi connectivity index (χ2v) is 4.64. The third-order valence-corrected chi connectivity index (χ3v) is 3.23. The van der Waals surface area contributed by atoms with Crippen molar-refractivity contribution in [2.45, 2.75) is 19.4 Å². The van der Waals surface area contributed by atoms with Gasteiger partial charge >= 0.3 is 0 Å². The van der Waals surface area contributed by atoms with Gasteiger partial charge in [-0.25, -0.2) is 9.97 Å². The Hall–Kier alpha value is -1.36. The molecular weight excluding hydrogens is 214 g/mol. The van der Waals surface area contributed by atoms with E-state index in [1.165, 1.54) is 6.42 Å². The summed E-state index contributed by atoms with van der Waals surface area (Å²) in [4.78, 5) is 13.2. The van der Waals surface area contributed by atoms with E-state index in [4.69, 9.17) is 0 Å². The Morgan fingerprint density at radius 2 is 2.29 bits per heavy atom. The zero-order chi connectivity index (χ0) is 12.3. The largest absolute Gasteiger partial charge is 0.370 e. The second kappa shape index (κ2) is 5.31. The summed E-state index contributed by atoms with van der Waals surface area (Å²) in [5.74, 6) is 1.94. The van der Waals surface area contributed by atoms with Crippen molar-refractivity contribution in [3.05, 3.63) is 12.4 Å². The minimum absolute atomic E-state index is 0.632. The topological polar surface area (TPSA) is 44.3 Å². The number of anilines is 2. The van der Waals surface area contributed by atoms with Gasteiger partial charge in [-0.15, -0.1) is 0 Å². The first-order valence-electron chi connectivity index (χ1n) is 6.18. The van der Waals surface area contributed by atoms with Crippen LogP contribution in [0.25, 0.3) is 0 Å². The van der Waals surface area contributed by atoms with E-state index >= 15 is 0 Å². The predicted octanol–water partition coefficient (Wildman–Crippen LogP) is 1.05. The SMILES string of the molecule is CCNc1cc(N2CCC(N(C)C)C2)ncn1. The molecule has 0 amide bonds. The van der Waals surface area contributed by atoms with Gasteiger partial charge < -0.3 is 15.1 Å². The molecule has 17 heavy (non-hydrogen) atoms. The molecule has 5 nitrogen and oxygen atoms in total. The van der Waals surface area contributed by atoms with Gasteiger partial charge in [-0.3, -0.25) is 0 Å². The molecule has 1 unspecified atom stereocenters. The first-order valence-corrected chi connectivity index (χ1v) is 6.18. The van der Waals surface area contributed by atoms with Crippen LogP contribution in [0.4, 0.5) is 11.6 Å². The third kappa shape index (κ3) is 2.85. The number of nitrogens with one attached hydrogen (secondary N) is 1. The van der Waals surface area contributed by atoms with Gasteiger partial charge in [0.1, 0.15) is 18.0 Å². The van der Waals surface area contributed by atoms with Crippen LogP contribution in [0.3, 0.4) is 0 Å². The van der Waals surface area contributed by atoms with E-state index < -0.39 is 0 Å². The zero-order valence-electron chi connectivity index (χ0n) is 10.8. The molecule has 1 aromatic heterocycles.